The van der Waals surface area contributed by atoms with Gasteiger partial charge in [0.1, 0.15) is 11.9 Å². The van der Waals surface area contributed by atoms with Crippen LogP contribution in [-0.2, 0) is 0 Å². The molecule has 0 fully saturated rings. The van der Waals surface area contributed by atoms with Gasteiger partial charge in [-0.2, -0.15) is 5.26 Å². The summed E-state index contributed by atoms with van der Waals surface area (Å²) >= 11 is 12.1. The van der Waals surface area contributed by atoms with Crippen molar-refractivity contribution in [1.29, 1.82) is 5.26 Å². The van der Waals surface area contributed by atoms with Gasteiger partial charge in [0.05, 0.1) is 26.7 Å². The smallest absolute Gasteiger partial charge is 0.149 e. The van der Waals surface area contributed by atoms with Crippen molar-refractivity contribution in [3.05, 3.63) is 57.8 Å². The van der Waals surface area contributed by atoms with Crippen molar-refractivity contribution in [1.82, 2.24) is 9.97 Å². The Balaban J connectivity index is 1.94. The van der Waals surface area contributed by atoms with Crippen LogP contribution in [0.1, 0.15) is 25.2 Å². The minimum absolute atomic E-state index is 0.437. The van der Waals surface area contributed by atoms with Gasteiger partial charge in [0, 0.05) is 18.8 Å². The Morgan fingerprint density at radius 2 is 1.81 bits per heavy atom. The molecule has 3 aromatic rings. The van der Waals surface area contributed by atoms with Crippen LogP contribution in [0.25, 0.3) is 22.7 Å². The molecule has 0 bridgehead atoms. The van der Waals surface area contributed by atoms with E-state index in [0.29, 0.717) is 27.0 Å². The average Bonchev–Trinajstić information content (AvgIpc) is 3.04. The van der Waals surface area contributed by atoms with E-state index in [9.17, 15) is 5.26 Å². The summed E-state index contributed by atoms with van der Waals surface area (Å²) in [5, 5.41) is 10.4. The van der Waals surface area contributed by atoms with Crippen LogP contribution in [0.2, 0.25) is 10.0 Å². The number of nitrogens with one attached hydrogen (secondary N) is 1. The number of aromatic amines is 1. The number of nitrogens with zero attached hydrogens (tertiary/aromatic N) is 3. The fourth-order valence-corrected chi connectivity index (χ4v) is 3.14. The maximum atomic E-state index is 9.56. The molecule has 26 heavy (non-hydrogen) atoms. The van der Waals surface area contributed by atoms with E-state index in [1.165, 1.54) is 5.69 Å². The van der Waals surface area contributed by atoms with E-state index in [0.717, 1.165) is 24.2 Å². The second-order valence-corrected chi connectivity index (χ2v) is 6.62. The lowest BCUT2D eigenvalue weighted by atomic mass is 10.1. The van der Waals surface area contributed by atoms with Crippen LogP contribution in [-0.4, -0.2) is 23.1 Å². The molecule has 2 aromatic carbocycles. The lowest BCUT2D eigenvalue weighted by Gasteiger charge is -2.20. The van der Waals surface area contributed by atoms with Crippen LogP contribution < -0.4 is 4.90 Å². The summed E-state index contributed by atoms with van der Waals surface area (Å²) in [6.45, 7) is 6.18. The van der Waals surface area contributed by atoms with Gasteiger partial charge < -0.3 is 9.88 Å². The number of nitriles is 1. The second-order valence-electron chi connectivity index (χ2n) is 5.80. The third kappa shape index (κ3) is 3.70. The van der Waals surface area contributed by atoms with Crippen LogP contribution >= 0.6 is 23.2 Å². The maximum absolute atomic E-state index is 9.56. The van der Waals surface area contributed by atoms with Crippen molar-refractivity contribution in [2.75, 3.05) is 18.0 Å². The third-order valence-corrected chi connectivity index (χ3v) is 4.95. The van der Waals surface area contributed by atoms with Crippen molar-refractivity contribution < 1.29 is 0 Å². The number of allylic oxidation sites excluding steroid dienone is 1. The largest absolute Gasteiger partial charge is 0.372 e. The number of H-pyrrole nitrogens is 1. The Hall–Kier alpha value is -2.48. The van der Waals surface area contributed by atoms with Gasteiger partial charge in [-0.15, -0.1) is 0 Å². The molecule has 0 saturated carbocycles. The topological polar surface area (TPSA) is 55.7 Å². The molecule has 132 valence electrons. The number of fused-ring (bicyclic) bond motifs is 1. The first-order valence-electron chi connectivity index (χ1n) is 8.37. The summed E-state index contributed by atoms with van der Waals surface area (Å²) in [6.07, 6.45) is 1.81. The predicted molar refractivity (Wildman–Crippen MR) is 110 cm³/mol. The Morgan fingerprint density at radius 1 is 1.15 bits per heavy atom. The molecule has 0 radical (unpaired) electrons. The summed E-state index contributed by atoms with van der Waals surface area (Å²) in [4.78, 5) is 9.86. The molecule has 0 aliphatic rings. The SMILES string of the molecule is CCN(CC)c1ccc(/C=C(\C#N)c2nc3cc(Cl)c(Cl)cc3[nH]2)cc1. The number of anilines is 1. The van der Waals surface area contributed by atoms with E-state index in [1.54, 1.807) is 12.1 Å². The quantitative estimate of drug-likeness (QED) is 0.567. The number of aromatic nitrogens is 2. The molecule has 0 spiro atoms. The number of hydrogen-bond acceptors (Lipinski definition) is 3. The van der Waals surface area contributed by atoms with Gasteiger partial charge >= 0.3 is 0 Å². The van der Waals surface area contributed by atoms with Gasteiger partial charge in [0.15, 0.2) is 0 Å². The molecule has 0 aliphatic carbocycles. The molecule has 1 N–H and O–H groups in total. The average molecular weight is 385 g/mol. The third-order valence-electron chi connectivity index (χ3n) is 4.23. The van der Waals surface area contributed by atoms with Crippen LogP contribution in [0.3, 0.4) is 0 Å². The standard InChI is InChI=1S/C20H18Cl2N4/c1-3-26(4-2)15-7-5-13(6-8-15)9-14(12-23)20-24-18-10-16(21)17(22)11-19(18)25-20/h5-11H,3-4H2,1-2H3,(H,24,25)/b14-9+. The summed E-state index contributed by atoms with van der Waals surface area (Å²) < 4.78 is 0. The van der Waals surface area contributed by atoms with Crippen molar-refractivity contribution in [3.63, 3.8) is 0 Å². The molecule has 0 amide bonds. The minimum atomic E-state index is 0.437. The molecule has 0 saturated heterocycles. The van der Waals surface area contributed by atoms with E-state index >= 15 is 0 Å². The fourth-order valence-electron chi connectivity index (χ4n) is 2.82. The first kappa shape index (κ1) is 18.3. The number of halogens is 2. The molecule has 1 heterocycles. The van der Waals surface area contributed by atoms with Gasteiger partial charge in [-0.3, -0.25) is 0 Å². The number of benzene rings is 2. The first-order valence-corrected chi connectivity index (χ1v) is 9.13. The van der Waals surface area contributed by atoms with E-state index in [-0.39, 0.29) is 0 Å². The fraction of sp³-hybridized carbons (Fsp3) is 0.200. The Kier molecular flexibility index (Phi) is 5.51. The van der Waals surface area contributed by atoms with Crippen molar-refractivity contribution in [2.24, 2.45) is 0 Å². The maximum Gasteiger partial charge on any atom is 0.149 e. The van der Waals surface area contributed by atoms with Crippen LogP contribution in [0.5, 0.6) is 0 Å². The second kappa shape index (κ2) is 7.82. The molecule has 0 unspecified atom stereocenters. The van der Waals surface area contributed by atoms with Gasteiger partial charge in [-0.1, -0.05) is 35.3 Å². The molecule has 3 rings (SSSR count). The predicted octanol–water partition coefficient (Wildman–Crippen LogP) is 5.78. The van der Waals surface area contributed by atoms with Gasteiger partial charge in [-0.05, 0) is 49.8 Å². The lowest BCUT2D eigenvalue weighted by Crippen LogP contribution is -2.21. The molecule has 0 aliphatic heterocycles. The summed E-state index contributed by atoms with van der Waals surface area (Å²) in [5.41, 5.74) is 3.97. The zero-order chi connectivity index (χ0) is 18.7. The van der Waals surface area contributed by atoms with Gasteiger partial charge in [-0.25, -0.2) is 4.98 Å². The highest BCUT2D eigenvalue weighted by molar-refractivity contribution is 6.42. The van der Waals surface area contributed by atoms with Crippen LogP contribution in [0.15, 0.2) is 36.4 Å². The lowest BCUT2D eigenvalue weighted by molar-refractivity contribution is 0.866. The van der Waals surface area contributed by atoms with Crippen molar-refractivity contribution in [3.8, 4) is 6.07 Å². The highest BCUT2D eigenvalue weighted by atomic mass is 35.5. The zero-order valence-electron chi connectivity index (χ0n) is 14.6. The van der Waals surface area contributed by atoms with Crippen molar-refractivity contribution >= 4 is 51.6 Å². The summed E-state index contributed by atoms with van der Waals surface area (Å²) in [6, 6.07) is 13.7. The van der Waals surface area contributed by atoms with Crippen LogP contribution in [0, 0.1) is 11.3 Å². The molecule has 4 nitrogen and oxygen atoms in total. The van der Waals surface area contributed by atoms with E-state index < -0.39 is 0 Å². The highest BCUT2D eigenvalue weighted by Gasteiger charge is 2.10. The molecule has 0 atom stereocenters. The zero-order valence-corrected chi connectivity index (χ0v) is 16.1. The number of rotatable bonds is 5. The molecule has 6 heteroatoms. The monoisotopic (exact) mass is 384 g/mol. The van der Waals surface area contributed by atoms with Gasteiger partial charge in [0.2, 0.25) is 0 Å². The van der Waals surface area contributed by atoms with Crippen molar-refractivity contribution in [2.45, 2.75) is 13.8 Å². The Bertz CT molecular complexity index is 954. The molecular formula is C20H18Cl2N4. The summed E-state index contributed by atoms with van der Waals surface area (Å²) in [5.74, 6) is 0.494. The normalized spacial score (nSPS) is 11.6. The molecular weight excluding hydrogens is 367 g/mol. The van der Waals surface area contributed by atoms with E-state index in [1.807, 2.05) is 18.2 Å². The Labute approximate surface area is 162 Å². The minimum Gasteiger partial charge on any atom is -0.372 e. The Morgan fingerprint density at radius 3 is 2.42 bits per heavy atom. The van der Waals surface area contributed by atoms with E-state index in [4.69, 9.17) is 23.2 Å². The van der Waals surface area contributed by atoms with E-state index in [2.05, 4.69) is 46.9 Å². The first-order chi connectivity index (χ1) is 12.5. The number of imidazole rings is 1. The van der Waals surface area contributed by atoms with Gasteiger partial charge in [0.25, 0.3) is 0 Å². The molecule has 1 aromatic heterocycles. The number of hydrogen-bond donors (Lipinski definition) is 1. The highest BCUT2D eigenvalue weighted by Crippen LogP contribution is 2.28. The summed E-state index contributed by atoms with van der Waals surface area (Å²) in [7, 11) is 0. The van der Waals surface area contributed by atoms with Crippen LogP contribution in [0.4, 0.5) is 5.69 Å².